The van der Waals surface area contributed by atoms with E-state index in [4.69, 9.17) is 0 Å². The van der Waals surface area contributed by atoms with E-state index < -0.39 is 5.82 Å². The first-order valence-electron chi connectivity index (χ1n) is 5.64. The van der Waals surface area contributed by atoms with E-state index in [1.54, 1.807) is 11.8 Å². The summed E-state index contributed by atoms with van der Waals surface area (Å²) in [5.41, 5.74) is 0. The number of halogens is 1. The molecule has 0 spiro atoms. The van der Waals surface area contributed by atoms with E-state index in [1.165, 1.54) is 6.33 Å². The predicted octanol–water partition coefficient (Wildman–Crippen LogP) is 0.674. The summed E-state index contributed by atoms with van der Waals surface area (Å²) in [6.07, 6.45) is 3.32. The molecule has 1 fully saturated rings. The highest BCUT2D eigenvalue weighted by atomic mass is 19.1. The van der Waals surface area contributed by atoms with E-state index >= 15 is 0 Å². The Morgan fingerprint density at radius 1 is 1.35 bits per heavy atom. The molecule has 1 saturated heterocycles. The Morgan fingerprint density at radius 3 is 2.88 bits per heavy atom. The summed E-state index contributed by atoms with van der Waals surface area (Å²) in [6.45, 7) is 4.20. The molecular weight excluding hydrogens is 223 g/mol. The number of hydrogen-bond acceptors (Lipinski definition) is 4. The molecule has 1 aliphatic heterocycles. The number of nitrogens with zero attached hydrogens (tertiary/aromatic N) is 4. The third-order valence-electron chi connectivity index (χ3n) is 2.89. The van der Waals surface area contributed by atoms with Gasteiger partial charge in [-0.25, -0.2) is 14.4 Å². The van der Waals surface area contributed by atoms with E-state index in [-0.39, 0.29) is 5.91 Å². The molecule has 2 heterocycles. The first-order chi connectivity index (χ1) is 8.18. The van der Waals surface area contributed by atoms with Crippen LogP contribution in [0, 0.1) is 5.82 Å². The van der Waals surface area contributed by atoms with E-state index in [1.807, 2.05) is 4.90 Å². The van der Waals surface area contributed by atoms with Crippen molar-refractivity contribution >= 4 is 11.7 Å². The summed E-state index contributed by atoms with van der Waals surface area (Å²) in [5.74, 6) is -0.0239. The molecule has 2 rings (SSSR count). The molecule has 0 unspecified atom stereocenters. The second-order valence-corrected chi connectivity index (χ2v) is 4.04. The lowest BCUT2D eigenvalue weighted by molar-refractivity contribution is -0.128. The monoisotopic (exact) mass is 238 g/mol. The maximum absolute atomic E-state index is 13.5. The second-order valence-electron chi connectivity index (χ2n) is 4.04. The first kappa shape index (κ1) is 11.8. The smallest absolute Gasteiger partial charge is 0.219 e. The number of amides is 1. The molecule has 0 bridgehead atoms. The number of carbonyl (C=O) groups excluding carboxylic acids is 1. The average Bonchev–Trinajstić information content (AvgIpc) is 2.55. The number of rotatable bonds is 1. The molecule has 0 N–H and O–H groups in total. The molecule has 1 amide bonds. The summed E-state index contributed by atoms with van der Waals surface area (Å²) in [4.78, 5) is 22.5. The maximum Gasteiger partial charge on any atom is 0.219 e. The van der Waals surface area contributed by atoms with Gasteiger partial charge in [-0.2, -0.15) is 0 Å². The van der Waals surface area contributed by atoms with Gasteiger partial charge in [0.2, 0.25) is 5.91 Å². The van der Waals surface area contributed by atoms with Gasteiger partial charge in [0, 0.05) is 33.1 Å². The van der Waals surface area contributed by atoms with Gasteiger partial charge >= 0.3 is 0 Å². The largest absolute Gasteiger partial charge is 0.352 e. The molecule has 0 radical (unpaired) electrons. The molecule has 0 aliphatic carbocycles. The second kappa shape index (κ2) is 5.07. The van der Waals surface area contributed by atoms with Crippen LogP contribution in [0.1, 0.15) is 13.3 Å². The number of hydrogen-bond donors (Lipinski definition) is 0. The minimum Gasteiger partial charge on any atom is -0.352 e. The Bertz CT molecular complexity index is 412. The fourth-order valence-electron chi connectivity index (χ4n) is 1.98. The topological polar surface area (TPSA) is 49.3 Å². The van der Waals surface area contributed by atoms with Gasteiger partial charge in [-0.3, -0.25) is 4.79 Å². The zero-order valence-electron chi connectivity index (χ0n) is 9.77. The Kier molecular flexibility index (Phi) is 3.51. The fourth-order valence-corrected chi connectivity index (χ4v) is 1.98. The summed E-state index contributed by atoms with van der Waals surface area (Å²) in [6, 6.07) is 0. The SMILES string of the molecule is CC(=O)N1CCCN(c2ncncc2F)CC1. The molecular formula is C11H15FN4O. The quantitative estimate of drug-likeness (QED) is 0.721. The molecule has 1 aliphatic rings. The molecule has 6 heteroatoms. The Hall–Kier alpha value is -1.72. The summed E-state index contributed by atoms with van der Waals surface area (Å²) in [5, 5.41) is 0. The van der Waals surface area contributed by atoms with Crippen LogP contribution in [0.4, 0.5) is 10.2 Å². The van der Waals surface area contributed by atoms with Gasteiger partial charge in [0.15, 0.2) is 11.6 Å². The molecule has 0 atom stereocenters. The Morgan fingerprint density at radius 2 is 2.18 bits per heavy atom. The normalized spacial score (nSPS) is 16.8. The minimum atomic E-state index is -0.413. The molecule has 1 aromatic rings. The highest BCUT2D eigenvalue weighted by Gasteiger charge is 2.19. The highest BCUT2D eigenvalue weighted by Crippen LogP contribution is 2.16. The van der Waals surface area contributed by atoms with Crippen LogP contribution < -0.4 is 4.90 Å². The van der Waals surface area contributed by atoms with Gasteiger partial charge in [0.05, 0.1) is 6.20 Å². The van der Waals surface area contributed by atoms with Crippen LogP contribution in [0.3, 0.4) is 0 Å². The molecule has 0 saturated carbocycles. The van der Waals surface area contributed by atoms with Crippen LogP contribution in [0.15, 0.2) is 12.5 Å². The maximum atomic E-state index is 13.5. The van der Waals surface area contributed by atoms with Gasteiger partial charge in [0.1, 0.15) is 6.33 Å². The van der Waals surface area contributed by atoms with Crippen molar-refractivity contribution in [2.24, 2.45) is 0 Å². The van der Waals surface area contributed by atoms with Crippen molar-refractivity contribution in [3.8, 4) is 0 Å². The summed E-state index contributed by atoms with van der Waals surface area (Å²) < 4.78 is 13.5. The first-order valence-corrected chi connectivity index (χ1v) is 5.64. The van der Waals surface area contributed by atoms with Crippen LogP contribution in [-0.2, 0) is 4.79 Å². The van der Waals surface area contributed by atoms with Crippen molar-refractivity contribution in [2.75, 3.05) is 31.1 Å². The van der Waals surface area contributed by atoms with Crippen LogP contribution in [0.25, 0.3) is 0 Å². The highest BCUT2D eigenvalue weighted by molar-refractivity contribution is 5.73. The van der Waals surface area contributed by atoms with E-state index in [0.717, 1.165) is 19.2 Å². The van der Waals surface area contributed by atoms with Crippen molar-refractivity contribution in [1.29, 1.82) is 0 Å². The standard InChI is InChI=1S/C11H15FN4O/c1-9(17)15-3-2-4-16(6-5-15)11-10(12)7-13-8-14-11/h7-8H,2-6H2,1H3. The molecule has 0 aromatic carbocycles. The van der Waals surface area contributed by atoms with Gasteiger partial charge < -0.3 is 9.80 Å². The van der Waals surface area contributed by atoms with Crippen LogP contribution in [0.2, 0.25) is 0 Å². The summed E-state index contributed by atoms with van der Waals surface area (Å²) >= 11 is 0. The van der Waals surface area contributed by atoms with E-state index in [2.05, 4.69) is 9.97 Å². The Labute approximate surface area is 99.3 Å². The van der Waals surface area contributed by atoms with Gasteiger partial charge in [-0.1, -0.05) is 0 Å². The van der Waals surface area contributed by atoms with Gasteiger partial charge in [-0.05, 0) is 6.42 Å². The molecule has 92 valence electrons. The molecule has 17 heavy (non-hydrogen) atoms. The number of anilines is 1. The zero-order valence-corrected chi connectivity index (χ0v) is 9.77. The lowest BCUT2D eigenvalue weighted by Gasteiger charge is -2.22. The minimum absolute atomic E-state index is 0.0648. The van der Waals surface area contributed by atoms with Crippen LogP contribution in [0.5, 0.6) is 0 Å². The lowest BCUT2D eigenvalue weighted by Crippen LogP contribution is -2.34. The number of carbonyl (C=O) groups is 1. The molecule has 1 aromatic heterocycles. The van der Waals surface area contributed by atoms with Crippen molar-refractivity contribution in [1.82, 2.24) is 14.9 Å². The van der Waals surface area contributed by atoms with Crippen molar-refractivity contribution in [3.05, 3.63) is 18.3 Å². The number of aromatic nitrogens is 2. The van der Waals surface area contributed by atoms with Gasteiger partial charge in [-0.15, -0.1) is 0 Å². The van der Waals surface area contributed by atoms with Crippen LogP contribution in [-0.4, -0.2) is 47.0 Å². The van der Waals surface area contributed by atoms with Gasteiger partial charge in [0.25, 0.3) is 0 Å². The zero-order chi connectivity index (χ0) is 12.3. The Balaban J connectivity index is 2.09. The third kappa shape index (κ3) is 2.69. The molecule has 5 nitrogen and oxygen atoms in total. The predicted molar refractivity (Wildman–Crippen MR) is 61.1 cm³/mol. The lowest BCUT2D eigenvalue weighted by atomic mass is 10.3. The van der Waals surface area contributed by atoms with Crippen molar-refractivity contribution in [2.45, 2.75) is 13.3 Å². The van der Waals surface area contributed by atoms with Crippen molar-refractivity contribution < 1.29 is 9.18 Å². The van der Waals surface area contributed by atoms with E-state index in [0.29, 0.717) is 25.5 Å². The fraction of sp³-hybridized carbons (Fsp3) is 0.545. The van der Waals surface area contributed by atoms with Crippen LogP contribution >= 0.6 is 0 Å². The van der Waals surface area contributed by atoms with E-state index in [9.17, 15) is 9.18 Å². The average molecular weight is 238 g/mol. The third-order valence-corrected chi connectivity index (χ3v) is 2.89. The van der Waals surface area contributed by atoms with Crippen molar-refractivity contribution in [3.63, 3.8) is 0 Å². The summed E-state index contributed by atoms with van der Waals surface area (Å²) in [7, 11) is 0.